The lowest BCUT2D eigenvalue weighted by Gasteiger charge is -2.51. The Morgan fingerprint density at radius 1 is 1.00 bits per heavy atom. The molecule has 0 saturated carbocycles. The van der Waals surface area contributed by atoms with E-state index in [2.05, 4.69) is 31.0 Å². The fourth-order valence-corrected chi connectivity index (χ4v) is 9.82. The number of benzene rings is 1. The van der Waals surface area contributed by atoms with Crippen molar-refractivity contribution in [2.24, 2.45) is 11.8 Å². The van der Waals surface area contributed by atoms with Crippen molar-refractivity contribution in [3.8, 4) is 0 Å². The highest BCUT2D eigenvalue weighted by molar-refractivity contribution is 9.10. The first-order chi connectivity index (χ1) is 23.4. The number of nitrogens with zero attached hydrogens (tertiary/aromatic N) is 5. The minimum absolute atomic E-state index is 0.0139. The number of likely N-dealkylation sites (tertiary alicyclic amines) is 1. The third-order valence-corrected chi connectivity index (χ3v) is 12.8. The molecule has 7 heterocycles. The van der Waals surface area contributed by atoms with E-state index in [1.165, 1.54) is 18.9 Å². The maximum atomic E-state index is 14.2. The molecule has 15 heteroatoms. The number of hydrogen-bond donors (Lipinski definition) is 2. The molecule has 1 unspecified atom stereocenters. The molecule has 2 bridgehead atoms. The second kappa shape index (κ2) is 14.0. The Bertz CT molecular complexity index is 1570. The molecular formula is C34H43BrF3N7O3S. The van der Waals surface area contributed by atoms with E-state index in [1.807, 2.05) is 16.3 Å². The Morgan fingerprint density at radius 2 is 1.71 bits per heavy atom. The number of halogens is 4. The van der Waals surface area contributed by atoms with Crippen LogP contribution >= 0.6 is 27.3 Å². The highest BCUT2D eigenvalue weighted by atomic mass is 79.9. The minimum Gasteiger partial charge on any atom is -0.397 e. The Morgan fingerprint density at radius 3 is 2.37 bits per heavy atom. The molecule has 0 aliphatic carbocycles. The van der Waals surface area contributed by atoms with E-state index >= 15 is 0 Å². The molecule has 5 saturated heterocycles. The quantitative estimate of drug-likeness (QED) is 0.388. The Labute approximate surface area is 296 Å². The number of rotatable bonds is 7. The van der Waals surface area contributed by atoms with Gasteiger partial charge in [-0.1, -0.05) is 0 Å². The van der Waals surface area contributed by atoms with E-state index in [9.17, 15) is 27.6 Å². The zero-order valence-corrected chi connectivity index (χ0v) is 29.8. The summed E-state index contributed by atoms with van der Waals surface area (Å²) in [5.74, 6) is -0.534. The molecule has 3 N–H and O–H groups in total. The van der Waals surface area contributed by atoms with Crippen LogP contribution in [0.2, 0.25) is 0 Å². The Kier molecular flexibility index (Phi) is 9.90. The van der Waals surface area contributed by atoms with Crippen LogP contribution in [0.3, 0.4) is 0 Å². The normalized spacial score (nSPS) is 25.7. The van der Waals surface area contributed by atoms with Crippen molar-refractivity contribution in [1.29, 1.82) is 0 Å². The van der Waals surface area contributed by atoms with Gasteiger partial charge in [0.1, 0.15) is 0 Å². The number of thiophene rings is 1. The van der Waals surface area contributed by atoms with Crippen molar-refractivity contribution in [1.82, 2.24) is 24.5 Å². The monoisotopic (exact) mass is 765 g/mol. The number of nitrogens with one attached hydrogen (secondary N) is 1. The summed E-state index contributed by atoms with van der Waals surface area (Å²) < 4.78 is 41.7. The van der Waals surface area contributed by atoms with Gasteiger partial charge in [-0.25, -0.2) is 4.79 Å². The molecule has 6 aliphatic heterocycles. The van der Waals surface area contributed by atoms with Crippen LogP contribution in [0.4, 0.5) is 29.3 Å². The number of carbonyl (C=O) groups excluding carboxylic acids is 3. The number of carbonyl (C=O) groups is 3. The van der Waals surface area contributed by atoms with Gasteiger partial charge in [0.25, 0.3) is 0 Å². The van der Waals surface area contributed by atoms with Gasteiger partial charge < -0.3 is 30.7 Å². The number of nitrogen functional groups attached to an aromatic ring is 1. The standard InChI is InChI=1S/C34H43BrF3N7O3S/c35-26-17-21(16-25(31(26)39)34(36,37)38)15-23(32(47)44-12-10-42(11-13-44)28-19-41-6-1-22(28)2-7-41)18-30(46)43-8-3-24(4-9-43)45-20-29-27(5-14-49-29)40-33(45)48/h5,14,16-17,22-24,28H,1-4,6-13,15,18-20,39H2,(H,40,48)/t23-,28?/m0/s1. The van der Waals surface area contributed by atoms with Crippen LogP contribution in [-0.4, -0.2) is 113 Å². The summed E-state index contributed by atoms with van der Waals surface area (Å²) in [7, 11) is 0. The highest BCUT2D eigenvalue weighted by Gasteiger charge is 2.41. The van der Waals surface area contributed by atoms with Crippen LogP contribution < -0.4 is 11.1 Å². The van der Waals surface area contributed by atoms with Crippen LogP contribution in [0.25, 0.3) is 0 Å². The fourth-order valence-electron chi connectivity index (χ4n) is 8.49. The Hall–Kier alpha value is -2.88. The summed E-state index contributed by atoms with van der Waals surface area (Å²) in [5, 5.41) is 4.91. The van der Waals surface area contributed by atoms with Gasteiger partial charge in [0.15, 0.2) is 0 Å². The van der Waals surface area contributed by atoms with Crippen LogP contribution in [0.5, 0.6) is 0 Å². The zero-order valence-electron chi connectivity index (χ0n) is 27.4. The first kappa shape index (κ1) is 34.6. The molecule has 2 atom stereocenters. The van der Waals surface area contributed by atoms with Crippen molar-refractivity contribution in [3.05, 3.63) is 44.1 Å². The fraction of sp³-hybridized carbons (Fsp3) is 0.618. The summed E-state index contributed by atoms with van der Waals surface area (Å²) in [5.41, 5.74) is 5.56. The topological polar surface area (TPSA) is 105 Å². The number of alkyl halides is 3. The molecule has 1 aromatic heterocycles. The predicted octanol–water partition coefficient (Wildman–Crippen LogP) is 4.94. The van der Waals surface area contributed by atoms with E-state index in [0.717, 1.165) is 49.4 Å². The van der Waals surface area contributed by atoms with E-state index < -0.39 is 23.3 Å². The summed E-state index contributed by atoms with van der Waals surface area (Å²) in [6.07, 6.45) is -1.13. The van der Waals surface area contributed by atoms with Gasteiger partial charge in [-0.3, -0.25) is 14.5 Å². The molecule has 0 radical (unpaired) electrons. The molecular weight excluding hydrogens is 723 g/mol. The van der Waals surface area contributed by atoms with Crippen LogP contribution in [0, 0.1) is 11.8 Å². The summed E-state index contributed by atoms with van der Waals surface area (Å²) in [6.45, 7) is 7.36. The van der Waals surface area contributed by atoms with Gasteiger partial charge in [0.05, 0.1) is 29.4 Å². The molecule has 4 amide bonds. The van der Waals surface area contributed by atoms with E-state index in [-0.39, 0.29) is 41.2 Å². The lowest BCUT2D eigenvalue weighted by atomic mass is 9.83. The van der Waals surface area contributed by atoms with Crippen molar-refractivity contribution in [2.45, 2.75) is 63.3 Å². The third-order valence-electron chi connectivity index (χ3n) is 11.3. The van der Waals surface area contributed by atoms with Crippen LogP contribution in [0.1, 0.15) is 48.1 Å². The average molecular weight is 767 g/mol. The Balaban J connectivity index is 1.03. The van der Waals surface area contributed by atoms with E-state index in [0.29, 0.717) is 63.1 Å². The maximum Gasteiger partial charge on any atom is 0.418 e. The van der Waals surface area contributed by atoms with Crippen molar-refractivity contribution in [2.75, 3.05) is 70.0 Å². The predicted molar refractivity (Wildman–Crippen MR) is 185 cm³/mol. The van der Waals surface area contributed by atoms with Gasteiger partial charge in [0, 0.05) is 73.7 Å². The van der Waals surface area contributed by atoms with Crippen molar-refractivity contribution < 1.29 is 27.6 Å². The summed E-state index contributed by atoms with van der Waals surface area (Å²) in [4.78, 5) is 52.2. The number of amides is 4. The van der Waals surface area contributed by atoms with Gasteiger partial charge in [-0.2, -0.15) is 13.2 Å². The smallest absolute Gasteiger partial charge is 0.397 e. The highest BCUT2D eigenvalue weighted by Crippen LogP contribution is 2.39. The van der Waals surface area contributed by atoms with Crippen molar-refractivity contribution in [3.63, 3.8) is 0 Å². The van der Waals surface area contributed by atoms with Gasteiger partial charge in [0.2, 0.25) is 11.8 Å². The van der Waals surface area contributed by atoms with Gasteiger partial charge >= 0.3 is 12.2 Å². The minimum atomic E-state index is -4.66. The number of piperazine rings is 1. The summed E-state index contributed by atoms with van der Waals surface area (Å²) in [6, 6.07) is 4.77. The second-order valence-electron chi connectivity index (χ2n) is 14.1. The molecule has 6 aliphatic rings. The molecule has 1 aromatic carbocycles. The maximum absolute atomic E-state index is 14.2. The van der Waals surface area contributed by atoms with E-state index in [4.69, 9.17) is 5.73 Å². The van der Waals surface area contributed by atoms with Gasteiger partial charge in [-0.05, 0) is 96.2 Å². The SMILES string of the molecule is Nc1c(Br)cc(C[C@@H](CC(=O)N2CCC(N3Cc4sccc4NC3=O)CC2)C(=O)N2CCN(C3CN4CCC3CC4)CC2)cc1C(F)(F)F. The van der Waals surface area contributed by atoms with Crippen LogP contribution in [0.15, 0.2) is 28.1 Å². The molecule has 10 nitrogen and oxygen atoms in total. The van der Waals surface area contributed by atoms with Gasteiger partial charge in [-0.15, -0.1) is 11.3 Å². The molecule has 49 heavy (non-hydrogen) atoms. The number of anilines is 2. The number of fused-ring (bicyclic) bond motifs is 4. The molecule has 0 spiro atoms. The lowest BCUT2D eigenvalue weighted by molar-refractivity contribution is -0.143. The van der Waals surface area contributed by atoms with E-state index in [1.54, 1.807) is 21.1 Å². The largest absolute Gasteiger partial charge is 0.418 e. The molecule has 8 rings (SSSR count). The molecule has 5 fully saturated rings. The molecule has 2 aromatic rings. The first-order valence-corrected chi connectivity index (χ1v) is 18.9. The van der Waals surface area contributed by atoms with Crippen LogP contribution in [-0.2, 0) is 28.7 Å². The first-order valence-electron chi connectivity index (χ1n) is 17.3. The number of urea groups is 1. The zero-order chi connectivity index (χ0) is 34.4. The number of piperidine rings is 4. The summed E-state index contributed by atoms with van der Waals surface area (Å²) >= 11 is 4.78. The second-order valence-corrected chi connectivity index (χ2v) is 16.0. The lowest BCUT2D eigenvalue weighted by Crippen LogP contribution is -2.61. The molecule has 266 valence electrons. The van der Waals surface area contributed by atoms with Crippen molar-refractivity contribution >= 4 is 56.5 Å². The third kappa shape index (κ3) is 7.31. The number of hydrogen-bond acceptors (Lipinski definition) is 7. The average Bonchev–Trinajstić information content (AvgIpc) is 3.56. The number of nitrogens with two attached hydrogens (primary N) is 1.